The van der Waals surface area contributed by atoms with Crippen molar-refractivity contribution in [3.05, 3.63) is 0 Å². The lowest BCUT2D eigenvalue weighted by molar-refractivity contribution is 0.149. The quantitative estimate of drug-likeness (QED) is 0.792. The van der Waals surface area contributed by atoms with Gasteiger partial charge in [-0.25, -0.2) is 0 Å². The Bertz CT molecular complexity index is 191. The molecule has 1 saturated heterocycles. The molecule has 1 heterocycles. The number of piperidine rings is 1. The fourth-order valence-electron chi connectivity index (χ4n) is 3.28. The third-order valence-electron chi connectivity index (χ3n) is 4.58. The van der Waals surface area contributed by atoms with E-state index in [9.17, 15) is 0 Å². The van der Waals surface area contributed by atoms with Crippen LogP contribution in [0.4, 0.5) is 0 Å². The van der Waals surface area contributed by atoms with Crippen LogP contribution in [-0.4, -0.2) is 37.6 Å². The minimum Gasteiger partial charge on any atom is -0.315 e. The Kier molecular flexibility index (Phi) is 4.66. The molecule has 0 radical (unpaired) electrons. The second kappa shape index (κ2) is 6.02. The van der Waals surface area contributed by atoms with Gasteiger partial charge in [-0.3, -0.25) is 0 Å². The highest BCUT2D eigenvalue weighted by Crippen LogP contribution is 2.29. The molecule has 2 nitrogen and oxygen atoms in total. The van der Waals surface area contributed by atoms with Gasteiger partial charge in [0.1, 0.15) is 0 Å². The molecule has 1 unspecified atom stereocenters. The summed E-state index contributed by atoms with van der Waals surface area (Å²) in [6.07, 6.45) is 8.60. The van der Waals surface area contributed by atoms with Gasteiger partial charge in [-0.2, -0.15) is 0 Å². The van der Waals surface area contributed by atoms with Crippen LogP contribution in [0.25, 0.3) is 0 Å². The molecule has 1 aliphatic carbocycles. The van der Waals surface area contributed by atoms with Crippen LogP contribution in [0.2, 0.25) is 0 Å². The number of rotatable bonds is 3. The Morgan fingerprint density at radius 2 is 1.88 bits per heavy atom. The molecule has 0 bridgehead atoms. The molecule has 94 valence electrons. The van der Waals surface area contributed by atoms with E-state index in [1.165, 1.54) is 58.2 Å². The second-order valence-electron chi connectivity index (χ2n) is 6.07. The zero-order chi connectivity index (χ0) is 11.4. The van der Waals surface area contributed by atoms with Crippen LogP contribution in [-0.2, 0) is 0 Å². The van der Waals surface area contributed by atoms with Crippen LogP contribution in [0.5, 0.6) is 0 Å². The molecule has 2 aliphatic rings. The largest absolute Gasteiger partial charge is 0.315 e. The van der Waals surface area contributed by atoms with E-state index >= 15 is 0 Å². The number of likely N-dealkylation sites (N-methyl/N-ethyl adjacent to an activating group) is 1. The molecule has 0 amide bonds. The summed E-state index contributed by atoms with van der Waals surface area (Å²) >= 11 is 0. The van der Waals surface area contributed by atoms with Gasteiger partial charge in [0, 0.05) is 19.1 Å². The van der Waals surface area contributed by atoms with Crippen molar-refractivity contribution in [1.29, 1.82) is 0 Å². The minimum atomic E-state index is 0.799. The van der Waals surface area contributed by atoms with Gasteiger partial charge in [-0.1, -0.05) is 19.8 Å². The van der Waals surface area contributed by atoms with Crippen molar-refractivity contribution in [2.24, 2.45) is 11.8 Å². The summed E-state index contributed by atoms with van der Waals surface area (Å²) in [7, 11) is 2.33. The van der Waals surface area contributed by atoms with Crippen molar-refractivity contribution >= 4 is 0 Å². The molecule has 0 spiro atoms. The normalized spacial score (nSPS) is 36.6. The van der Waals surface area contributed by atoms with E-state index in [4.69, 9.17) is 0 Å². The van der Waals surface area contributed by atoms with E-state index in [1.54, 1.807) is 0 Å². The highest BCUT2D eigenvalue weighted by Gasteiger charge is 2.23. The maximum atomic E-state index is 3.52. The van der Waals surface area contributed by atoms with Gasteiger partial charge in [-0.05, 0) is 51.1 Å². The van der Waals surface area contributed by atoms with Crippen molar-refractivity contribution < 1.29 is 0 Å². The van der Waals surface area contributed by atoms with Gasteiger partial charge < -0.3 is 10.2 Å². The highest BCUT2D eigenvalue weighted by atomic mass is 15.2. The predicted octanol–water partition coefficient (Wildman–Crippen LogP) is 2.50. The third-order valence-corrected chi connectivity index (χ3v) is 4.58. The predicted molar refractivity (Wildman–Crippen MR) is 69.6 cm³/mol. The molecule has 0 aromatic rings. The summed E-state index contributed by atoms with van der Waals surface area (Å²) in [5.74, 6) is 1.96. The molecule has 0 aromatic carbocycles. The number of nitrogens with one attached hydrogen (secondary N) is 1. The van der Waals surface area contributed by atoms with Crippen molar-refractivity contribution in [2.75, 3.05) is 26.7 Å². The van der Waals surface area contributed by atoms with Crippen LogP contribution < -0.4 is 5.32 Å². The van der Waals surface area contributed by atoms with Gasteiger partial charge in [0.2, 0.25) is 0 Å². The molecule has 16 heavy (non-hydrogen) atoms. The van der Waals surface area contributed by atoms with E-state index in [1.807, 2.05) is 0 Å². The van der Waals surface area contributed by atoms with E-state index in [2.05, 4.69) is 24.2 Å². The average Bonchev–Trinajstić information content (AvgIpc) is 2.33. The summed E-state index contributed by atoms with van der Waals surface area (Å²) in [4.78, 5) is 2.62. The number of nitrogens with zero attached hydrogens (tertiary/aromatic N) is 1. The van der Waals surface area contributed by atoms with Gasteiger partial charge >= 0.3 is 0 Å². The van der Waals surface area contributed by atoms with Gasteiger partial charge in [0.25, 0.3) is 0 Å². The Morgan fingerprint density at radius 1 is 1.12 bits per heavy atom. The second-order valence-corrected chi connectivity index (χ2v) is 6.07. The summed E-state index contributed by atoms with van der Waals surface area (Å²) in [5, 5.41) is 3.52. The maximum Gasteiger partial charge on any atom is 0.0218 e. The van der Waals surface area contributed by atoms with Crippen LogP contribution in [0.1, 0.15) is 45.4 Å². The average molecular weight is 224 g/mol. The number of hydrogen-bond donors (Lipinski definition) is 1. The van der Waals surface area contributed by atoms with Crippen LogP contribution in [0, 0.1) is 11.8 Å². The van der Waals surface area contributed by atoms with E-state index < -0.39 is 0 Å². The maximum absolute atomic E-state index is 3.52. The van der Waals surface area contributed by atoms with Crippen LogP contribution in [0.15, 0.2) is 0 Å². The highest BCUT2D eigenvalue weighted by molar-refractivity contribution is 4.79. The smallest absolute Gasteiger partial charge is 0.0218 e. The first-order valence-corrected chi connectivity index (χ1v) is 7.16. The first kappa shape index (κ1) is 12.4. The Balaban J connectivity index is 1.71. The van der Waals surface area contributed by atoms with Crippen LogP contribution in [0.3, 0.4) is 0 Å². The summed E-state index contributed by atoms with van der Waals surface area (Å²) < 4.78 is 0. The van der Waals surface area contributed by atoms with Gasteiger partial charge in [0.05, 0.1) is 0 Å². The van der Waals surface area contributed by atoms with Gasteiger partial charge in [0.15, 0.2) is 0 Å². The standard InChI is InChI=1S/C14H28N2/c1-12-5-7-13(8-6-12)11-16(2)14-4-3-9-15-10-14/h12-15H,3-11H2,1-2H3. The zero-order valence-electron chi connectivity index (χ0n) is 11.0. The lowest BCUT2D eigenvalue weighted by atomic mass is 9.82. The fourth-order valence-corrected chi connectivity index (χ4v) is 3.28. The van der Waals surface area contributed by atoms with Crippen molar-refractivity contribution in [1.82, 2.24) is 10.2 Å². The summed E-state index contributed by atoms with van der Waals surface area (Å²) in [6, 6.07) is 0.799. The zero-order valence-corrected chi connectivity index (χ0v) is 11.0. The van der Waals surface area contributed by atoms with E-state index in [0.717, 1.165) is 17.9 Å². The molecular weight excluding hydrogens is 196 g/mol. The molecule has 1 saturated carbocycles. The summed E-state index contributed by atoms with van der Waals surface area (Å²) in [5.41, 5.74) is 0. The first-order valence-electron chi connectivity index (χ1n) is 7.16. The van der Waals surface area contributed by atoms with Crippen molar-refractivity contribution in [3.8, 4) is 0 Å². The SMILES string of the molecule is CC1CCC(CN(C)C2CCCNC2)CC1. The molecule has 1 aliphatic heterocycles. The van der Waals surface area contributed by atoms with Gasteiger partial charge in [-0.15, -0.1) is 0 Å². The van der Waals surface area contributed by atoms with E-state index in [-0.39, 0.29) is 0 Å². The summed E-state index contributed by atoms with van der Waals surface area (Å²) in [6.45, 7) is 6.18. The van der Waals surface area contributed by atoms with Crippen molar-refractivity contribution in [2.45, 2.75) is 51.5 Å². The van der Waals surface area contributed by atoms with E-state index in [0.29, 0.717) is 0 Å². The fraction of sp³-hybridized carbons (Fsp3) is 1.00. The Hall–Kier alpha value is -0.0800. The topological polar surface area (TPSA) is 15.3 Å². The molecule has 2 fully saturated rings. The molecular formula is C14H28N2. The lowest BCUT2D eigenvalue weighted by Crippen LogP contribution is -2.45. The molecule has 0 aromatic heterocycles. The first-order chi connectivity index (χ1) is 7.75. The van der Waals surface area contributed by atoms with Crippen LogP contribution >= 0.6 is 0 Å². The Labute approximate surface area is 101 Å². The Morgan fingerprint density at radius 3 is 2.50 bits per heavy atom. The monoisotopic (exact) mass is 224 g/mol. The molecule has 1 atom stereocenters. The lowest BCUT2D eigenvalue weighted by Gasteiger charge is -2.36. The third kappa shape index (κ3) is 3.46. The molecule has 1 N–H and O–H groups in total. The molecule has 2 heteroatoms. The minimum absolute atomic E-state index is 0.799. The van der Waals surface area contributed by atoms with Crippen molar-refractivity contribution in [3.63, 3.8) is 0 Å². The number of hydrogen-bond acceptors (Lipinski definition) is 2. The molecule has 2 rings (SSSR count).